The van der Waals surface area contributed by atoms with Gasteiger partial charge in [0.15, 0.2) is 0 Å². The summed E-state index contributed by atoms with van der Waals surface area (Å²) in [4.78, 5) is 10.4. The van der Waals surface area contributed by atoms with Crippen LogP contribution in [0.2, 0.25) is 0 Å². The van der Waals surface area contributed by atoms with E-state index in [0.29, 0.717) is 13.1 Å². The van der Waals surface area contributed by atoms with Gasteiger partial charge in [0.2, 0.25) is 0 Å². The number of ether oxygens (including phenoxy) is 1. The monoisotopic (exact) mass is 319 g/mol. The third-order valence-electron chi connectivity index (χ3n) is 4.52. The fourth-order valence-electron chi connectivity index (χ4n) is 3.17. The van der Waals surface area contributed by atoms with Crippen LogP contribution in [0.1, 0.15) is 56.9 Å². The zero-order chi connectivity index (χ0) is 16.3. The third-order valence-corrected chi connectivity index (χ3v) is 4.52. The van der Waals surface area contributed by atoms with Gasteiger partial charge in [0, 0.05) is 13.1 Å². The van der Waals surface area contributed by atoms with Crippen molar-refractivity contribution in [2.45, 2.75) is 57.9 Å². The number of carboxylic acids is 1. The highest BCUT2D eigenvalue weighted by molar-refractivity contribution is 5.66. The number of hydrogen-bond acceptors (Lipinski definition) is 3. The van der Waals surface area contributed by atoms with Crippen LogP contribution in [0.25, 0.3) is 0 Å². The van der Waals surface area contributed by atoms with Gasteiger partial charge < -0.3 is 15.2 Å². The maximum atomic E-state index is 10.4. The summed E-state index contributed by atoms with van der Waals surface area (Å²) in [5.74, 6) is 1.07. The Balaban J connectivity index is 1.57. The molecule has 1 aromatic rings. The molecule has 0 saturated heterocycles. The highest BCUT2D eigenvalue weighted by Gasteiger charge is 2.12. The van der Waals surface area contributed by atoms with Crippen LogP contribution in [-0.4, -0.2) is 24.2 Å². The number of carboxylic acid groups (broad SMARTS) is 1. The number of nitrogens with one attached hydrogen (secondary N) is 1. The van der Waals surface area contributed by atoms with Crippen LogP contribution in [0, 0.1) is 5.92 Å². The maximum Gasteiger partial charge on any atom is 0.304 e. The van der Waals surface area contributed by atoms with E-state index >= 15 is 0 Å². The zero-order valence-electron chi connectivity index (χ0n) is 13.9. The first-order valence-corrected chi connectivity index (χ1v) is 8.88. The Hall–Kier alpha value is -1.55. The summed E-state index contributed by atoms with van der Waals surface area (Å²) in [6.07, 6.45) is 9.65. The highest BCUT2D eigenvalue weighted by atomic mass is 16.5. The minimum atomic E-state index is -0.769. The minimum Gasteiger partial charge on any atom is -0.494 e. The van der Waals surface area contributed by atoms with Crippen LogP contribution in [-0.2, 0) is 11.3 Å². The fraction of sp³-hybridized carbons (Fsp3) is 0.632. The number of hydrogen-bond donors (Lipinski definition) is 2. The molecular weight excluding hydrogens is 290 g/mol. The molecule has 0 spiro atoms. The first-order chi connectivity index (χ1) is 11.2. The van der Waals surface area contributed by atoms with Crippen LogP contribution in [0.5, 0.6) is 5.75 Å². The van der Waals surface area contributed by atoms with E-state index in [0.717, 1.165) is 30.3 Å². The first kappa shape index (κ1) is 17.8. The lowest BCUT2D eigenvalue weighted by Crippen LogP contribution is -2.17. The molecule has 1 aromatic carbocycles. The smallest absolute Gasteiger partial charge is 0.304 e. The predicted octanol–water partition coefficient (Wildman–Crippen LogP) is 3.99. The molecule has 0 aliphatic heterocycles. The third kappa shape index (κ3) is 7.51. The van der Waals surface area contributed by atoms with Gasteiger partial charge in [-0.2, -0.15) is 0 Å². The molecule has 0 unspecified atom stereocenters. The summed E-state index contributed by atoms with van der Waals surface area (Å²) < 4.78 is 5.81. The fourth-order valence-corrected chi connectivity index (χ4v) is 3.17. The molecule has 1 aliphatic carbocycles. The van der Waals surface area contributed by atoms with E-state index in [2.05, 4.69) is 5.32 Å². The molecule has 0 radical (unpaired) electrons. The van der Waals surface area contributed by atoms with Crippen molar-refractivity contribution < 1.29 is 14.6 Å². The normalized spacial score (nSPS) is 15.5. The molecule has 2 rings (SSSR count). The van der Waals surface area contributed by atoms with Crippen LogP contribution in [0.4, 0.5) is 0 Å². The molecule has 1 fully saturated rings. The number of rotatable bonds is 10. The molecule has 2 N–H and O–H groups in total. The second-order valence-electron chi connectivity index (χ2n) is 6.46. The van der Waals surface area contributed by atoms with E-state index in [9.17, 15) is 4.79 Å². The van der Waals surface area contributed by atoms with Gasteiger partial charge in [-0.15, -0.1) is 0 Å². The van der Waals surface area contributed by atoms with E-state index in [1.165, 1.54) is 38.5 Å². The van der Waals surface area contributed by atoms with Crippen molar-refractivity contribution in [3.8, 4) is 5.75 Å². The Morgan fingerprint density at radius 2 is 1.91 bits per heavy atom. The Morgan fingerprint density at radius 3 is 2.61 bits per heavy atom. The molecule has 0 atom stereocenters. The predicted molar refractivity (Wildman–Crippen MR) is 91.7 cm³/mol. The summed E-state index contributed by atoms with van der Waals surface area (Å²) in [7, 11) is 0. The van der Waals surface area contributed by atoms with Gasteiger partial charge >= 0.3 is 5.97 Å². The Kier molecular flexibility index (Phi) is 7.95. The average molecular weight is 319 g/mol. The molecule has 23 heavy (non-hydrogen) atoms. The van der Waals surface area contributed by atoms with Gasteiger partial charge in [-0.1, -0.05) is 44.2 Å². The zero-order valence-corrected chi connectivity index (χ0v) is 13.9. The van der Waals surface area contributed by atoms with Crippen molar-refractivity contribution in [2.75, 3.05) is 13.2 Å². The Labute approximate surface area is 139 Å². The second-order valence-corrected chi connectivity index (χ2v) is 6.46. The van der Waals surface area contributed by atoms with Gasteiger partial charge in [0.05, 0.1) is 13.0 Å². The average Bonchev–Trinajstić information content (AvgIpc) is 2.57. The van der Waals surface area contributed by atoms with Crippen molar-refractivity contribution in [1.82, 2.24) is 5.32 Å². The number of aliphatic carboxylic acids is 1. The van der Waals surface area contributed by atoms with Crippen molar-refractivity contribution in [2.24, 2.45) is 5.92 Å². The van der Waals surface area contributed by atoms with E-state index in [4.69, 9.17) is 9.84 Å². The lowest BCUT2D eigenvalue weighted by atomic mass is 9.86. The van der Waals surface area contributed by atoms with Gasteiger partial charge in [0.1, 0.15) is 5.75 Å². The van der Waals surface area contributed by atoms with Gasteiger partial charge in [-0.3, -0.25) is 4.79 Å². The van der Waals surface area contributed by atoms with Gasteiger partial charge in [0.25, 0.3) is 0 Å². The summed E-state index contributed by atoms with van der Waals surface area (Å²) in [5, 5.41) is 11.7. The maximum absolute atomic E-state index is 10.4. The van der Waals surface area contributed by atoms with Crippen molar-refractivity contribution in [3.05, 3.63) is 29.8 Å². The van der Waals surface area contributed by atoms with Crippen LogP contribution >= 0.6 is 0 Å². The molecule has 1 saturated carbocycles. The van der Waals surface area contributed by atoms with Crippen LogP contribution < -0.4 is 10.1 Å². The van der Waals surface area contributed by atoms with Crippen LogP contribution in [0.15, 0.2) is 24.3 Å². The van der Waals surface area contributed by atoms with Crippen molar-refractivity contribution in [3.63, 3.8) is 0 Å². The first-order valence-electron chi connectivity index (χ1n) is 8.88. The summed E-state index contributed by atoms with van der Waals surface area (Å²) >= 11 is 0. The summed E-state index contributed by atoms with van der Waals surface area (Å²) in [6.45, 7) is 1.98. The lowest BCUT2D eigenvalue weighted by molar-refractivity contribution is -0.136. The summed E-state index contributed by atoms with van der Waals surface area (Å²) in [5.41, 5.74) is 1.14. The molecule has 4 nitrogen and oxygen atoms in total. The number of carbonyl (C=O) groups is 1. The molecule has 4 heteroatoms. The van der Waals surface area contributed by atoms with E-state index in [-0.39, 0.29) is 6.42 Å². The van der Waals surface area contributed by atoms with E-state index < -0.39 is 5.97 Å². The minimum absolute atomic E-state index is 0.155. The van der Waals surface area contributed by atoms with E-state index in [1.807, 2.05) is 24.3 Å². The molecule has 0 aromatic heterocycles. The van der Waals surface area contributed by atoms with Crippen molar-refractivity contribution >= 4 is 5.97 Å². The van der Waals surface area contributed by atoms with E-state index in [1.54, 1.807) is 0 Å². The number of benzene rings is 1. The molecule has 0 heterocycles. The molecule has 1 aliphatic rings. The Morgan fingerprint density at radius 1 is 1.17 bits per heavy atom. The molecule has 128 valence electrons. The molecule has 0 amide bonds. The van der Waals surface area contributed by atoms with Gasteiger partial charge in [-0.25, -0.2) is 0 Å². The Bertz CT molecular complexity index is 452. The highest BCUT2D eigenvalue weighted by Crippen LogP contribution is 2.27. The van der Waals surface area contributed by atoms with Crippen LogP contribution in [0.3, 0.4) is 0 Å². The second kappa shape index (κ2) is 10.3. The van der Waals surface area contributed by atoms with Crippen molar-refractivity contribution in [1.29, 1.82) is 0 Å². The SMILES string of the molecule is O=C(O)CCNCc1ccc(OCCCC2CCCCC2)cc1. The molecule has 0 bridgehead atoms. The molecular formula is C19H29NO3. The topological polar surface area (TPSA) is 58.6 Å². The van der Waals surface area contributed by atoms with Gasteiger partial charge in [-0.05, 0) is 36.5 Å². The lowest BCUT2D eigenvalue weighted by Gasteiger charge is -2.21. The summed E-state index contributed by atoms with van der Waals surface area (Å²) in [6, 6.07) is 8.05. The quantitative estimate of drug-likeness (QED) is 0.640. The standard InChI is InChI=1S/C19H29NO3/c21-19(22)12-13-20-15-17-8-10-18(11-9-17)23-14-4-7-16-5-2-1-3-6-16/h8-11,16,20H,1-7,12-15H2,(H,21,22). The largest absolute Gasteiger partial charge is 0.494 e.